The van der Waals surface area contributed by atoms with E-state index in [9.17, 15) is 22.4 Å². The number of aliphatic carboxylic acids is 1. The van der Waals surface area contributed by atoms with Crippen LogP contribution in [0.4, 0.5) is 17.6 Å². The lowest BCUT2D eigenvalue weighted by atomic mass is 10.1. The lowest BCUT2D eigenvalue weighted by Gasteiger charge is -2.02. The van der Waals surface area contributed by atoms with Gasteiger partial charge in [-0.25, -0.2) is 22.4 Å². The van der Waals surface area contributed by atoms with Gasteiger partial charge in [-0.15, -0.1) is 0 Å². The molecule has 0 fully saturated rings. The largest absolute Gasteiger partial charge is 0.478 e. The molecular weight excluding hydrogens is 228 g/mol. The predicted molar refractivity (Wildman–Crippen MR) is 47.6 cm³/mol. The van der Waals surface area contributed by atoms with Crippen LogP contribution in [0, 0.1) is 23.3 Å². The van der Waals surface area contributed by atoms with E-state index >= 15 is 0 Å². The summed E-state index contributed by atoms with van der Waals surface area (Å²) in [7, 11) is 0. The van der Waals surface area contributed by atoms with Gasteiger partial charge in [0, 0.05) is 11.1 Å². The average Bonchev–Trinajstić information content (AvgIpc) is 2.22. The number of rotatable bonds is 2. The molecule has 0 aliphatic carbocycles. The molecule has 6 heteroatoms. The van der Waals surface area contributed by atoms with Crippen molar-refractivity contribution < 1.29 is 27.5 Å². The summed E-state index contributed by atoms with van der Waals surface area (Å²) in [6.45, 7) is 1.11. The number of halogens is 4. The molecule has 0 aliphatic heterocycles. The first-order chi connectivity index (χ1) is 7.34. The van der Waals surface area contributed by atoms with Crippen LogP contribution in [0.15, 0.2) is 11.6 Å². The Labute approximate surface area is 87.8 Å². The highest BCUT2D eigenvalue weighted by molar-refractivity contribution is 5.91. The third-order valence-corrected chi connectivity index (χ3v) is 1.84. The van der Waals surface area contributed by atoms with Crippen LogP contribution in [-0.2, 0) is 4.79 Å². The van der Waals surface area contributed by atoms with Gasteiger partial charge in [-0.1, -0.05) is 0 Å². The van der Waals surface area contributed by atoms with Gasteiger partial charge in [0.1, 0.15) is 0 Å². The highest BCUT2D eigenvalue weighted by Gasteiger charge is 2.18. The first kappa shape index (κ1) is 12.2. The Morgan fingerprint density at radius 3 is 2.25 bits per heavy atom. The molecule has 0 heterocycles. The van der Waals surface area contributed by atoms with Gasteiger partial charge in [0.15, 0.2) is 23.3 Å². The standard InChI is InChI=1S/C10H6F4O2/c1-4(10(15)16)2-5-3-6(11)8(13)9(14)7(5)12/h2-3H,1H3,(H,15,16)/b4-2+. The summed E-state index contributed by atoms with van der Waals surface area (Å²) in [6, 6.07) is 0.389. The normalized spacial score (nSPS) is 11.7. The van der Waals surface area contributed by atoms with Gasteiger partial charge in [-0.05, 0) is 19.1 Å². The Morgan fingerprint density at radius 2 is 1.75 bits per heavy atom. The van der Waals surface area contributed by atoms with Crippen LogP contribution in [0.5, 0.6) is 0 Å². The van der Waals surface area contributed by atoms with Crippen molar-refractivity contribution in [3.63, 3.8) is 0 Å². The molecule has 16 heavy (non-hydrogen) atoms. The maximum Gasteiger partial charge on any atom is 0.331 e. The molecule has 1 N–H and O–H groups in total. The third kappa shape index (κ3) is 2.21. The Hall–Kier alpha value is -1.85. The zero-order valence-electron chi connectivity index (χ0n) is 8.02. The summed E-state index contributed by atoms with van der Waals surface area (Å²) in [4.78, 5) is 10.4. The topological polar surface area (TPSA) is 37.3 Å². The summed E-state index contributed by atoms with van der Waals surface area (Å²) in [5.74, 6) is -8.47. The van der Waals surface area contributed by atoms with Crippen molar-refractivity contribution in [2.45, 2.75) is 6.92 Å². The Morgan fingerprint density at radius 1 is 1.19 bits per heavy atom. The highest BCUT2D eigenvalue weighted by Crippen LogP contribution is 2.20. The van der Waals surface area contributed by atoms with E-state index in [1.54, 1.807) is 0 Å². The molecule has 0 radical (unpaired) electrons. The monoisotopic (exact) mass is 234 g/mol. The summed E-state index contributed by atoms with van der Waals surface area (Å²) >= 11 is 0. The number of hydrogen-bond acceptors (Lipinski definition) is 1. The van der Waals surface area contributed by atoms with Gasteiger partial charge in [-0.3, -0.25) is 0 Å². The summed E-state index contributed by atoms with van der Waals surface area (Å²) < 4.78 is 51.0. The van der Waals surface area contributed by atoms with Gasteiger partial charge in [-0.2, -0.15) is 0 Å². The number of carbonyl (C=O) groups is 1. The lowest BCUT2D eigenvalue weighted by Crippen LogP contribution is -2.01. The van der Waals surface area contributed by atoms with Crippen LogP contribution in [0.2, 0.25) is 0 Å². The van der Waals surface area contributed by atoms with Crippen molar-refractivity contribution in [3.8, 4) is 0 Å². The van der Waals surface area contributed by atoms with Crippen LogP contribution in [0.25, 0.3) is 6.08 Å². The molecule has 0 saturated carbocycles. The van der Waals surface area contributed by atoms with Gasteiger partial charge >= 0.3 is 5.97 Å². The van der Waals surface area contributed by atoms with E-state index in [0.717, 1.165) is 6.92 Å². The van der Waals surface area contributed by atoms with Crippen LogP contribution < -0.4 is 0 Å². The van der Waals surface area contributed by atoms with Gasteiger partial charge in [0.05, 0.1) is 0 Å². The van der Waals surface area contributed by atoms with Crippen molar-refractivity contribution in [1.82, 2.24) is 0 Å². The van der Waals surface area contributed by atoms with Crippen molar-refractivity contribution in [3.05, 3.63) is 40.5 Å². The minimum atomic E-state index is -1.97. The zero-order valence-corrected chi connectivity index (χ0v) is 8.02. The van der Waals surface area contributed by atoms with E-state index in [4.69, 9.17) is 5.11 Å². The fourth-order valence-corrected chi connectivity index (χ4v) is 0.991. The average molecular weight is 234 g/mol. The molecule has 0 spiro atoms. The molecule has 0 bridgehead atoms. The number of hydrogen-bond donors (Lipinski definition) is 1. The molecule has 0 unspecified atom stereocenters. The SMILES string of the molecule is C/C(=C\c1cc(F)c(F)c(F)c1F)C(=O)O. The quantitative estimate of drug-likeness (QED) is 0.369. The van der Waals surface area contributed by atoms with E-state index in [1.165, 1.54) is 0 Å². The smallest absolute Gasteiger partial charge is 0.331 e. The molecule has 0 atom stereocenters. The Balaban J connectivity index is 3.37. The second-order valence-electron chi connectivity index (χ2n) is 3.02. The Bertz CT molecular complexity index is 480. The molecule has 0 aliphatic rings. The molecule has 1 aromatic carbocycles. The first-order valence-electron chi connectivity index (χ1n) is 4.09. The van der Waals surface area contributed by atoms with Crippen molar-refractivity contribution in [2.24, 2.45) is 0 Å². The molecule has 1 aromatic rings. The van der Waals surface area contributed by atoms with E-state index in [0.29, 0.717) is 12.1 Å². The fourth-order valence-electron chi connectivity index (χ4n) is 0.991. The summed E-state index contributed by atoms with van der Waals surface area (Å²) in [5.41, 5.74) is -0.986. The first-order valence-corrected chi connectivity index (χ1v) is 4.09. The van der Waals surface area contributed by atoms with E-state index in [-0.39, 0.29) is 5.57 Å². The highest BCUT2D eigenvalue weighted by atomic mass is 19.2. The molecule has 86 valence electrons. The number of carboxylic acid groups (broad SMARTS) is 1. The van der Waals surface area contributed by atoms with Crippen molar-refractivity contribution >= 4 is 12.0 Å². The number of benzene rings is 1. The fraction of sp³-hybridized carbons (Fsp3) is 0.100. The molecular formula is C10H6F4O2. The number of carboxylic acids is 1. The minimum Gasteiger partial charge on any atom is -0.478 e. The van der Waals surface area contributed by atoms with E-state index < -0.39 is 34.8 Å². The minimum absolute atomic E-state index is 0.329. The van der Waals surface area contributed by atoms with Gasteiger partial charge in [0.25, 0.3) is 0 Å². The molecule has 0 aromatic heterocycles. The molecule has 2 nitrogen and oxygen atoms in total. The third-order valence-electron chi connectivity index (χ3n) is 1.84. The second-order valence-corrected chi connectivity index (χ2v) is 3.02. The van der Waals surface area contributed by atoms with E-state index in [2.05, 4.69) is 0 Å². The van der Waals surface area contributed by atoms with Gasteiger partial charge in [0.2, 0.25) is 0 Å². The Kier molecular flexibility index (Phi) is 3.31. The molecule has 0 amide bonds. The molecule has 0 saturated heterocycles. The van der Waals surface area contributed by atoms with Crippen LogP contribution >= 0.6 is 0 Å². The van der Waals surface area contributed by atoms with Crippen LogP contribution in [0.3, 0.4) is 0 Å². The molecule has 1 rings (SSSR count). The van der Waals surface area contributed by atoms with Crippen LogP contribution in [-0.4, -0.2) is 11.1 Å². The maximum atomic E-state index is 13.0. The second kappa shape index (κ2) is 4.34. The van der Waals surface area contributed by atoms with E-state index in [1.807, 2.05) is 0 Å². The summed E-state index contributed by atoms with van der Waals surface area (Å²) in [6.07, 6.45) is 0.712. The maximum absolute atomic E-state index is 13.0. The van der Waals surface area contributed by atoms with Crippen LogP contribution in [0.1, 0.15) is 12.5 Å². The van der Waals surface area contributed by atoms with Crippen molar-refractivity contribution in [2.75, 3.05) is 0 Å². The van der Waals surface area contributed by atoms with Gasteiger partial charge < -0.3 is 5.11 Å². The lowest BCUT2D eigenvalue weighted by molar-refractivity contribution is -0.132. The summed E-state index contributed by atoms with van der Waals surface area (Å²) in [5, 5.41) is 8.48. The van der Waals surface area contributed by atoms with Crippen molar-refractivity contribution in [1.29, 1.82) is 0 Å². The zero-order chi connectivity index (χ0) is 12.5. The predicted octanol–water partition coefficient (Wildman–Crippen LogP) is 2.73.